The molecule has 0 radical (unpaired) electrons. The van der Waals surface area contributed by atoms with Gasteiger partial charge in [0.15, 0.2) is 0 Å². The zero-order chi connectivity index (χ0) is 21.3. The summed E-state index contributed by atoms with van der Waals surface area (Å²) in [5, 5.41) is 0. The molecule has 152 valence electrons. The Morgan fingerprint density at radius 2 is 1.23 bits per heavy atom. The normalized spacial score (nSPS) is 18.0. The minimum absolute atomic E-state index is 0.130. The third kappa shape index (κ3) is 2.67. The monoisotopic (exact) mass is 526 g/mol. The van der Waals surface area contributed by atoms with Gasteiger partial charge in [-0.2, -0.15) is 0 Å². The van der Waals surface area contributed by atoms with Gasteiger partial charge in [-0.1, -0.05) is 0 Å². The molecule has 0 aromatic heterocycles. The van der Waals surface area contributed by atoms with Crippen LogP contribution in [-0.2, 0) is 15.0 Å². The van der Waals surface area contributed by atoms with E-state index in [-0.39, 0.29) is 7.25 Å². The molecule has 0 saturated heterocycles. The maximum atomic E-state index is 8.15. The van der Waals surface area contributed by atoms with Crippen LogP contribution in [0.2, 0.25) is 13.1 Å². The molecule has 0 nitrogen and oxygen atoms in total. The van der Waals surface area contributed by atoms with E-state index >= 15 is 0 Å². The van der Waals surface area contributed by atoms with Gasteiger partial charge in [0.1, 0.15) is 0 Å². The van der Waals surface area contributed by atoms with Gasteiger partial charge in [-0.25, -0.2) is 0 Å². The average Bonchev–Trinajstić information content (AvgIpc) is 3.24. The van der Waals surface area contributed by atoms with E-state index in [4.69, 9.17) is 17.0 Å². The molecule has 2 aliphatic rings. The second-order valence-corrected chi connectivity index (χ2v) is 47.9. The molecule has 0 N–H and O–H groups in total. The Morgan fingerprint density at radius 1 is 0.700 bits per heavy atom. The van der Waals surface area contributed by atoms with Crippen LogP contribution in [0, 0.1) is 6.92 Å². The van der Waals surface area contributed by atoms with Gasteiger partial charge in [0.05, 0.1) is 0 Å². The van der Waals surface area contributed by atoms with Crippen LogP contribution in [0.5, 0.6) is 0 Å². The van der Waals surface area contributed by atoms with Crippen molar-refractivity contribution in [3.8, 4) is 11.1 Å². The first-order valence-corrected chi connectivity index (χ1v) is 25.9. The summed E-state index contributed by atoms with van der Waals surface area (Å²) in [4.78, 5) is 0. The molecular formula is C26H26Cl2SiZr. The van der Waals surface area contributed by atoms with Gasteiger partial charge in [-0.15, -0.1) is 0 Å². The van der Waals surface area contributed by atoms with E-state index < -0.39 is 20.4 Å². The number of hydrogen-bond acceptors (Lipinski definition) is 0. The van der Waals surface area contributed by atoms with Gasteiger partial charge in [0.25, 0.3) is 0 Å². The van der Waals surface area contributed by atoms with Gasteiger partial charge in [0.2, 0.25) is 0 Å². The molecule has 3 aromatic rings. The quantitative estimate of drug-likeness (QED) is 0.293. The van der Waals surface area contributed by atoms with Gasteiger partial charge >= 0.3 is 189 Å². The molecule has 0 bridgehead atoms. The third-order valence-electron chi connectivity index (χ3n) is 7.34. The van der Waals surface area contributed by atoms with E-state index in [2.05, 4.69) is 99.7 Å². The SMILES string of the molecule is CC1=Cc2c(C)cccc2[CH]1[Zr]([Cl])([Cl])([CH]1c2ccccc2-c2ccccc21)=[Si](C)C. The van der Waals surface area contributed by atoms with E-state index in [1.165, 1.54) is 44.5 Å². The van der Waals surface area contributed by atoms with E-state index in [0.717, 1.165) is 0 Å². The molecule has 0 aliphatic heterocycles. The molecule has 3 aromatic carbocycles. The van der Waals surface area contributed by atoms with E-state index in [1.54, 1.807) is 0 Å². The molecular weight excluding hydrogens is 503 g/mol. The Bertz CT molecular complexity index is 1260. The summed E-state index contributed by atoms with van der Waals surface area (Å²) < 4.78 is 0.295. The van der Waals surface area contributed by atoms with Crippen LogP contribution in [0.3, 0.4) is 0 Å². The predicted octanol–water partition coefficient (Wildman–Crippen LogP) is 8.47. The number of fused-ring (bicyclic) bond motifs is 4. The molecule has 0 saturated carbocycles. The summed E-state index contributed by atoms with van der Waals surface area (Å²) in [5.41, 5.74) is 9.66. The molecule has 1 atom stereocenters. The van der Waals surface area contributed by atoms with Crippen molar-refractivity contribution in [3.63, 3.8) is 0 Å². The second kappa shape index (κ2) is 7.04. The fourth-order valence-corrected chi connectivity index (χ4v) is 35.0. The standard InChI is InChI=1S/C13H9.C11H11.C2H6Si.2ClH.Zr/c1-3-7-12-10(5-1)9-11-6-2-4-8-13(11)12;1-8-6-10-5-3-4-9(2)11(10)7-8;1-3-2;;;/h1-9H;3-7H,1-2H3;1-2H3;2*1H;/q;;;;;+2/p-2. The van der Waals surface area contributed by atoms with Crippen molar-refractivity contribution in [2.45, 2.75) is 34.2 Å². The Hall–Kier alpha value is -0.920. The van der Waals surface area contributed by atoms with E-state index in [1.807, 2.05) is 0 Å². The fraction of sp³-hybridized carbons (Fsp3) is 0.231. The second-order valence-electron chi connectivity index (χ2n) is 9.16. The number of aryl methyl sites for hydroxylation is 1. The first-order valence-electron chi connectivity index (χ1n) is 10.6. The summed E-state index contributed by atoms with van der Waals surface area (Å²) in [6.07, 6.45) is 2.35. The number of halogens is 2. The van der Waals surface area contributed by atoms with Crippen LogP contribution in [0.1, 0.15) is 42.0 Å². The van der Waals surface area contributed by atoms with Crippen molar-refractivity contribution in [1.82, 2.24) is 0 Å². The van der Waals surface area contributed by atoms with Crippen molar-refractivity contribution < 1.29 is 15.0 Å². The predicted molar refractivity (Wildman–Crippen MR) is 130 cm³/mol. The number of benzene rings is 3. The molecule has 30 heavy (non-hydrogen) atoms. The van der Waals surface area contributed by atoms with Gasteiger partial charge in [-0.05, 0) is 0 Å². The maximum absolute atomic E-state index is 8.15. The van der Waals surface area contributed by atoms with Crippen LogP contribution in [-0.4, -0.2) is 5.43 Å². The van der Waals surface area contributed by atoms with Crippen molar-refractivity contribution in [3.05, 3.63) is 100 Å². The Kier molecular flexibility index (Phi) is 4.92. The zero-order valence-electron chi connectivity index (χ0n) is 17.8. The zero-order valence-corrected chi connectivity index (χ0v) is 22.8. The van der Waals surface area contributed by atoms with E-state index in [0.29, 0.717) is 0 Å². The summed E-state index contributed by atoms with van der Waals surface area (Å²) in [6.45, 7) is 9.17. The Morgan fingerprint density at radius 3 is 1.80 bits per heavy atom. The topological polar surface area (TPSA) is 0 Å². The Balaban J connectivity index is 1.89. The first-order chi connectivity index (χ1) is 14.2. The van der Waals surface area contributed by atoms with Crippen LogP contribution in [0.15, 0.2) is 72.3 Å². The Labute approximate surface area is 187 Å². The van der Waals surface area contributed by atoms with Crippen molar-refractivity contribution in [1.29, 1.82) is 0 Å². The molecule has 4 heteroatoms. The van der Waals surface area contributed by atoms with Crippen molar-refractivity contribution >= 4 is 28.5 Å². The van der Waals surface area contributed by atoms with Gasteiger partial charge < -0.3 is 0 Å². The molecule has 0 heterocycles. The molecule has 5 rings (SSSR count). The fourth-order valence-electron chi connectivity index (χ4n) is 5.88. The summed E-state index contributed by atoms with van der Waals surface area (Å²) >= 11 is -4.53. The first kappa shape index (κ1) is 21.0. The summed E-state index contributed by atoms with van der Waals surface area (Å²) in [7, 11) is 16.3. The number of hydrogen-bond donors (Lipinski definition) is 0. The van der Waals surface area contributed by atoms with Crippen LogP contribution >= 0.6 is 17.0 Å². The molecule has 0 fully saturated rings. The third-order valence-corrected chi connectivity index (χ3v) is 54.0. The molecule has 1 unspecified atom stereocenters. The molecule has 0 amide bonds. The van der Waals surface area contributed by atoms with Crippen LogP contribution in [0.4, 0.5) is 0 Å². The van der Waals surface area contributed by atoms with E-state index in [9.17, 15) is 0 Å². The molecule has 2 aliphatic carbocycles. The van der Waals surface area contributed by atoms with Crippen molar-refractivity contribution in [2.75, 3.05) is 0 Å². The molecule has 0 spiro atoms. The number of rotatable bonds is 2. The minimum atomic E-state index is -4.53. The number of allylic oxidation sites excluding steroid dienone is 1. The summed E-state index contributed by atoms with van der Waals surface area (Å²) in [6, 6.07) is 24.2. The van der Waals surface area contributed by atoms with Crippen LogP contribution in [0.25, 0.3) is 17.2 Å². The van der Waals surface area contributed by atoms with Crippen LogP contribution < -0.4 is 0 Å². The van der Waals surface area contributed by atoms with Gasteiger partial charge in [-0.3, -0.25) is 0 Å². The van der Waals surface area contributed by atoms with Gasteiger partial charge in [0, 0.05) is 0 Å². The average molecular weight is 529 g/mol. The summed E-state index contributed by atoms with van der Waals surface area (Å²) in [5.74, 6) is 0. The van der Waals surface area contributed by atoms with Crippen molar-refractivity contribution in [2.24, 2.45) is 0 Å².